The number of hydrogen-bond donors (Lipinski definition) is 1. The first kappa shape index (κ1) is 20.6. The summed E-state index contributed by atoms with van der Waals surface area (Å²) in [4.78, 5) is 16.7. The number of aromatic nitrogens is 1. The first-order chi connectivity index (χ1) is 14.9. The number of ether oxygens (including phenoxy) is 2. The molecule has 10 heteroatoms. The van der Waals surface area contributed by atoms with Crippen LogP contribution in [0, 0.1) is 0 Å². The first-order valence-corrected chi connectivity index (χ1v) is 10.8. The molecule has 0 aliphatic carbocycles. The topological polar surface area (TPSA) is 120 Å². The molecule has 0 fully saturated rings. The number of methoxy groups -OCH3 is 1. The second-order valence-electron chi connectivity index (χ2n) is 6.77. The van der Waals surface area contributed by atoms with E-state index < -0.39 is 22.0 Å². The van der Waals surface area contributed by atoms with Gasteiger partial charge in [0.2, 0.25) is 0 Å². The van der Waals surface area contributed by atoms with E-state index in [9.17, 15) is 13.2 Å². The molecule has 31 heavy (non-hydrogen) atoms. The number of carbonyl (C=O) groups is 1. The summed E-state index contributed by atoms with van der Waals surface area (Å²) in [6, 6.07) is 14.5. The molecule has 160 valence electrons. The van der Waals surface area contributed by atoms with Crippen LogP contribution in [-0.2, 0) is 26.2 Å². The van der Waals surface area contributed by atoms with Crippen LogP contribution in [0.15, 0.2) is 69.0 Å². The molecule has 9 nitrogen and oxygen atoms in total. The van der Waals surface area contributed by atoms with Gasteiger partial charge in [-0.15, -0.1) is 0 Å². The minimum atomic E-state index is -3.67. The maximum atomic E-state index is 12.3. The van der Waals surface area contributed by atoms with E-state index in [1.165, 1.54) is 13.0 Å². The molecule has 2 heterocycles. The van der Waals surface area contributed by atoms with Crippen LogP contribution >= 0.6 is 0 Å². The van der Waals surface area contributed by atoms with Gasteiger partial charge in [0.05, 0.1) is 12.0 Å². The molecular weight excluding hydrogens is 422 g/mol. The first-order valence-electron chi connectivity index (χ1n) is 9.34. The fraction of sp³-hybridized carbons (Fsp3) is 0.190. The zero-order valence-corrected chi connectivity index (χ0v) is 17.5. The number of carbonyl (C=O) groups excluding carboxylic acids is 1. The molecule has 4 rings (SSSR count). The molecule has 0 amide bonds. The van der Waals surface area contributed by atoms with Gasteiger partial charge in [-0.3, -0.25) is 9.71 Å². The van der Waals surface area contributed by atoms with Crippen LogP contribution in [0.2, 0.25) is 0 Å². The van der Waals surface area contributed by atoms with Crippen molar-refractivity contribution in [1.29, 1.82) is 0 Å². The SMILES string of the molecule is COc1ccc(-c2cc(COC(=O)[C@H](C)N=C3NS(=O)(=O)c4ccccc43)on2)cc1. The third-order valence-electron chi connectivity index (χ3n) is 4.63. The highest BCUT2D eigenvalue weighted by atomic mass is 32.2. The Morgan fingerprint density at radius 3 is 2.68 bits per heavy atom. The van der Waals surface area contributed by atoms with Crippen molar-refractivity contribution in [1.82, 2.24) is 9.88 Å². The fourth-order valence-electron chi connectivity index (χ4n) is 3.02. The molecule has 1 aliphatic heterocycles. The second-order valence-corrected chi connectivity index (χ2v) is 8.42. The molecule has 1 N–H and O–H groups in total. The van der Waals surface area contributed by atoms with Crippen LogP contribution < -0.4 is 9.46 Å². The normalized spacial score (nSPS) is 16.4. The van der Waals surface area contributed by atoms with Gasteiger partial charge in [-0.05, 0) is 43.3 Å². The van der Waals surface area contributed by atoms with E-state index >= 15 is 0 Å². The third kappa shape index (κ3) is 4.29. The molecule has 2 aromatic carbocycles. The Morgan fingerprint density at radius 2 is 1.94 bits per heavy atom. The van der Waals surface area contributed by atoms with E-state index in [1.807, 2.05) is 12.1 Å². The van der Waals surface area contributed by atoms with E-state index in [-0.39, 0.29) is 17.3 Å². The lowest BCUT2D eigenvalue weighted by Gasteiger charge is -2.07. The van der Waals surface area contributed by atoms with Gasteiger partial charge in [0, 0.05) is 17.2 Å². The molecule has 0 spiro atoms. The molecule has 1 aromatic heterocycles. The third-order valence-corrected chi connectivity index (χ3v) is 6.03. The van der Waals surface area contributed by atoms with Crippen LogP contribution in [0.1, 0.15) is 18.2 Å². The van der Waals surface area contributed by atoms with Crippen LogP contribution in [0.4, 0.5) is 0 Å². The lowest BCUT2D eigenvalue weighted by molar-refractivity contribution is -0.146. The quantitative estimate of drug-likeness (QED) is 0.584. The average molecular weight is 441 g/mol. The van der Waals surface area contributed by atoms with E-state index in [4.69, 9.17) is 14.0 Å². The standard InChI is InChI=1S/C21H19N3O6S/c1-13(22-20-17-5-3-4-6-19(17)31(26,27)24-20)21(25)29-12-16-11-18(23-30-16)14-7-9-15(28-2)10-8-14/h3-11,13H,12H2,1-2H3,(H,22,24)/t13-/m0/s1. The van der Waals surface area contributed by atoms with Crippen LogP contribution in [-0.4, -0.2) is 38.5 Å². The average Bonchev–Trinajstić information content (AvgIpc) is 3.35. The van der Waals surface area contributed by atoms with E-state index in [1.54, 1.807) is 43.5 Å². The van der Waals surface area contributed by atoms with Crippen LogP contribution in [0.3, 0.4) is 0 Å². The van der Waals surface area contributed by atoms with E-state index in [2.05, 4.69) is 14.9 Å². The predicted octanol–water partition coefficient (Wildman–Crippen LogP) is 2.52. The summed E-state index contributed by atoms with van der Waals surface area (Å²) in [6.07, 6.45) is 0. The molecular formula is C21H19N3O6S. The summed E-state index contributed by atoms with van der Waals surface area (Å²) in [5.74, 6) is 0.579. The zero-order valence-electron chi connectivity index (χ0n) is 16.7. The summed E-state index contributed by atoms with van der Waals surface area (Å²) < 4.78 is 42.3. The number of aliphatic imine (C=N–C) groups is 1. The highest BCUT2D eigenvalue weighted by Crippen LogP contribution is 2.24. The van der Waals surface area contributed by atoms with Crippen molar-refractivity contribution in [2.24, 2.45) is 4.99 Å². The summed E-state index contributed by atoms with van der Waals surface area (Å²) >= 11 is 0. The van der Waals surface area contributed by atoms with E-state index in [0.717, 1.165) is 11.3 Å². The molecule has 1 aliphatic rings. The molecule has 1 atom stereocenters. The highest BCUT2D eigenvalue weighted by Gasteiger charge is 2.31. The smallest absolute Gasteiger partial charge is 0.331 e. The molecule has 0 bridgehead atoms. The lowest BCUT2D eigenvalue weighted by atomic mass is 10.1. The largest absolute Gasteiger partial charge is 0.497 e. The van der Waals surface area contributed by atoms with Crippen molar-refractivity contribution in [3.63, 3.8) is 0 Å². The Morgan fingerprint density at radius 1 is 1.19 bits per heavy atom. The number of hydrogen-bond acceptors (Lipinski definition) is 8. The van der Waals surface area contributed by atoms with Gasteiger partial charge >= 0.3 is 5.97 Å². The summed E-state index contributed by atoms with van der Waals surface area (Å²) in [7, 11) is -2.09. The minimum absolute atomic E-state index is 0.113. The number of esters is 1. The maximum absolute atomic E-state index is 12.3. The maximum Gasteiger partial charge on any atom is 0.331 e. The molecule has 3 aromatic rings. The number of amidine groups is 1. The van der Waals surface area contributed by atoms with Crippen molar-refractivity contribution >= 4 is 21.8 Å². The summed E-state index contributed by atoms with van der Waals surface area (Å²) in [5, 5.41) is 3.98. The van der Waals surface area contributed by atoms with Gasteiger partial charge in [-0.1, -0.05) is 17.3 Å². The minimum Gasteiger partial charge on any atom is -0.497 e. The van der Waals surface area contributed by atoms with Gasteiger partial charge in [-0.2, -0.15) is 0 Å². The Hall–Kier alpha value is -3.66. The van der Waals surface area contributed by atoms with Crippen molar-refractivity contribution in [3.8, 4) is 17.0 Å². The number of fused-ring (bicyclic) bond motifs is 1. The number of rotatable bonds is 6. The van der Waals surface area contributed by atoms with Gasteiger partial charge in [0.1, 0.15) is 23.3 Å². The van der Waals surface area contributed by atoms with Crippen LogP contribution in [0.5, 0.6) is 5.75 Å². The highest BCUT2D eigenvalue weighted by molar-refractivity contribution is 7.90. The van der Waals surface area contributed by atoms with Gasteiger partial charge in [-0.25, -0.2) is 13.2 Å². The Kier molecular flexibility index (Phi) is 5.47. The van der Waals surface area contributed by atoms with Gasteiger partial charge < -0.3 is 14.0 Å². The van der Waals surface area contributed by atoms with Crippen molar-refractivity contribution < 1.29 is 27.2 Å². The number of nitrogens with zero attached hydrogens (tertiary/aromatic N) is 2. The fourth-order valence-corrected chi connectivity index (χ4v) is 4.26. The molecule has 0 saturated carbocycles. The zero-order chi connectivity index (χ0) is 22.0. The molecule has 0 unspecified atom stereocenters. The monoisotopic (exact) mass is 441 g/mol. The van der Waals surface area contributed by atoms with E-state index in [0.29, 0.717) is 17.0 Å². The molecule has 0 saturated heterocycles. The van der Waals surface area contributed by atoms with Crippen molar-refractivity contribution in [2.45, 2.75) is 24.5 Å². The Labute approximate surface area is 178 Å². The Bertz CT molecular complexity index is 1250. The van der Waals surface area contributed by atoms with Crippen molar-refractivity contribution in [3.05, 3.63) is 65.9 Å². The number of sulfonamides is 1. The van der Waals surface area contributed by atoms with Gasteiger partial charge in [0.25, 0.3) is 10.0 Å². The molecule has 0 radical (unpaired) electrons. The predicted molar refractivity (Wildman–Crippen MR) is 111 cm³/mol. The summed E-state index contributed by atoms with van der Waals surface area (Å²) in [6.45, 7) is 1.40. The number of benzene rings is 2. The Balaban J connectivity index is 1.40. The van der Waals surface area contributed by atoms with Gasteiger partial charge in [0.15, 0.2) is 12.4 Å². The number of nitrogens with one attached hydrogen (secondary N) is 1. The summed E-state index contributed by atoms with van der Waals surface area (Å²) in [5.41, 5.74) is 1.84. The van der Waals surface area contributed by atoms with Crippen LogP contribution in [0.25, 0.3) is 11.3 Å². The lowest BCUT2D eigenvalue weighted by Crippen LogP contribution is -2.26. The van der Waals surface area contributed by atoms with Crippen molar-refractivity contribution in [2.75, 3.05) is 7.11 Å². The second kappa shape index (κ2) is 8.23.